The van der Waals surface area contributed by atoms with Gasteiger partial charge in [0.15, 0.2) is 11.9 Å². The highest BCUT2D eigenvalue weighted by atomic mass is 32.2. The number of carbonyl (C=O) groups excluding carboxylic acids is 8. The molecule has 0 radical (unpaired) electrons. The van der Waals surface area contributed by atoms with Gasteiger partial charge in [0, 0.05) is 61.8 Å². The fraction of sp³-hybridized carbons (Fsp3) is 0.569. The number of hydrogen-bond acceptors (Lipinski definition) is 18. The number of nitrogens with one attached hydrogen (secondary N) is 15. The number of rotatable bonds is 46. The van der Waals surface area contributed by atoms with Gasteiger partial charge < -0.3 is 108 Å². The van der Waals surface area contributed by atoms with E-state index in [4.69, 9.17) is 45.2 Å². The molecule has 0 bridgehead atoms. The highest BCUT2D eigenvalue weighted by Gasteiger charge is 2.36. The Bertz CT molecular complexity index is 2970. The second kappa shape index (κ2) is 41.5. The van der Waals surface area contributed by atoms with Gasteiger partial charge in [-0.15, -0.1) is 0 Å². The highest BCUT2D eigenvalue weighted by molar-refractivity contribution is 7.98. The number of guanidine groups is 2. The summed E-state index contributed by atoms with van der Waals surface area (Å²) in [6, 6.07) is -4.53. The van der Waals surface area contributed by atoms with Gasteiger partial charge in [0.25, 0.3) is 0 Å². The van der Waals surface area contributed by atoms with Gasteiger partial charge in [0.05, 0.1) is 30.1 Å². The predicted molar refractivity (Wildman–Crippen MR) is 348 cm³/mol. The van der Waals surface area contributed by atoms with Crippen LogP contribution in [0, 0.1) is 10.8 Å². The van der Waals surface area contributed by atoms with Crippen molar-refractivity contribution in [2.24, 2.45) is 34.4 Å². The Balaban J connectivity index is 1.65. The molecule has 0 aliphatic carbocycles. The van der Waals surface area contributed by atoms with Crippen molar-refractivity contribution in [2.75, 3.05) is 44.7 Å². The molecule has 0 saturated heterocycles. The number of aliphatic carboxylic acids is 1. The van der Waals surface area contributed by atoms with E-state index in [1.54, 1.807) is 18.5 Å². The smallest absolute Gasteiger partial charge is 0.326 e. The van der Waals surface area contributed by atoms with Crippen molar-refractivity contribution in [1.82, 2.24) is 78.1 Å². The van der Waals surface area contributed by atoms with E-state index in [9.17, 15) is 48.3 Å². The van der Waals surface area contributed by atoms with E-state index >= 15 is 0 Å². The van der Waals surface area contributed by atoms with E-state index in [1.165, 1.54) is 36.8 Å². The van der Waals surface area contributed by atoms with Crippen LogP contribution in [0.3, 0.4) is 0 Å². The average molecular weight is 1310 g/mol. The molecule has 3 aromatic heterocycles. The van der Waals surface area contributed by atoms with Gasteiger partial charge >= 0.3 is 5.97 Å². The second-order valence-corrected chi connectivity index (χ2v) is 23.1. The van der Waals surface area contributed by atoms with Crippen molar-refractivity contribution in [3.05, 3.63) is 72.5 Å². The molecule has 0 spiro atoms. The normalized spacial score (nSPS) is 14.1. The lowest BCUT2D eigenvalue weighted by atomic mass is 10.0. The fourth-order valence-electron chi connectivity index (χ4n) is 9.81. The van der Waals surface area contributed by atoms with Crippen LogP contribution in [0.5, 0.6) is 0 Å². The number of aromatic nitrogens is 5. The summed E-state index contributed by atoms with van der Waals surface area (Å²) in [4.78, 5) is 145. The minimum Gasteiger partial charge on any atom is -0.480 e. The molecule has 508 valence electrons. The zero-order chi connectivity index (χ0) is 67.4. The number of amides is 8. The maximum atomic E-state index is 14.9. The van der Waals surface area contributed by atoms with E-state index in [1.807, 2.05) is 18.2 Å². The van der Waals surface area contributed by atoms with E-state index in [0.717, 1.165) is 10.9 Å². The topological polar surface area (TPSA) is 571 Å². The molecule has 92 heavy (non-hydrogen) atoms. The standard InChI is InChI=1S/C58H95N23O10S/c1-92-25-19-44(53(87)76-43(18-11-24-70-58(65)66)50(84)75-41(16-6-9-22-61)52(86)81-47(56(90)91)28-36-31-68-33-73-36)78-49(83)40(15-5-8-21-60)77-55(89)46(27-35-30-67-32-72-35)80-54(88)45(26-34-29-71-39-14-3-2-12-37(34)39)79-51(85)42(17-10-23-69-57(63)64)74-48(82)38(62)13-4-7-20-59/h2-3,12,14,29-33,38,40-47,71H,4-11,13,15-28,59-62H2,1H3,(H,67,72)(H,68,73)(H,74,82)(H,75,84)(H,76,87)(H,77,89)(H,78,83)(H,79,85)(H,80,88)(H,81,86)(H,90,91)(H4,63,64,69)(H4,65,66,70)/t38-,40-,41-,42-,43-,44-,45-,46-,47-/m0/s1. The first-order valence-corrected chi connectivity index (χ1v) is 32.2. The molecule has 3 heterocycles. The van der Waals surface area contributed by atoms with Crippen LogP contribution >= 0.6 is 11.8 Å². The summed E-state index contributed by atoms with van der Waals surface area (Å²) < 4.78 is 0. The summed E-state index contributed by atoms with van der Waals surface area (Å²) in [5.74, 6) is -7.94. The molecule has 0 aliphatic heterocycles. The Morgan fingerprint density at radius 1 is 0.500 bits per heavy atom. The Kier molecular flexibility index (Phi) is 34.1. The van der Waals surface area contributed by atoms with Crippen LogP contribution in [0.15, 0.2) is 55.5 Å². The van der Waals surface area contributed by atoms with Crippen LogP contribution in [0.25, 0.3) is 10.9 Å². The first kappa shape index (κ1) is 75.6. The van der Waals surface area contributed by atoms with Crippen LogP contribution < -0.4 is 87.6 Å². The van der Waals surface area contributed by atoms with Gasteiger partial charge in [-0.25, -0.2) is 14.8 Å². The number of carbonyl (C=O) groups is 9. The predicted octanol–water partition coefficient (Wildman–Crippen LogP) is -3.40. The lowest BCUT2D eigenvalue weighted by Crippen LogP contribution is -2.61. The quantitative estimate of drug-likeness (QED) is 0.0116. The van der Waals surface area contributed by atoms with Gasteiger partial charge in [-0.1, -0.05) is 24.6 Å². The maximum Gasteiger partial charge on any atom is 0.326 e. The summed E-state index contributed by atoms with van der Waals surface area (Å²) in [5, 5.41) is 53.1. The SMILES string of the molecule is CSCC[C@H](NC(=O)[C@H](CCCCN)NC(=O)[C@H](Cc1c[nH]cn1)NC(=O)[C@H](Cc1c[nH]c2ccccc12)NC(=O)[C@H](CCCNC(=N)N)NC(=O)[C@@H](N)CCCCN)C(=O)N[C@@H](CCCNC(=N)N)C(=O)N[C@@H](CCCCN)C(=O)N[C@@H](Cc1c[nH]cn1)C(=O)O. The molecule has 4 aromatic rings. The Morgan fingerprint density at radius 2 is 0.880 bits per heavy atom. The minimum atomic E-state index is -1.46. The second-order valence-electron chi connectivity index (χ2n) is 22.1. The number of benzene rings is 1. The van der Waals surface area contributed by atoms with Crippen molar-refractivity contribution in [2.45, 2.75) is 164 Å². The van der Waals surface area contributed by atoms with Crippen molar-refractivity contribution in [3.8, 4) is 0 Å². The third kappa shape index (κ3) is 27.3. The Hall–Kier alpha value is -8.86. The first-order chi connectivity index (χ1) is 44.2. The van der Waals surface area contributed by atoms with Crippen molar-refractivity contribution < 1.29 is 48.3 Å². The number of imidazole rings is 2. The molecule has 0 unspecified atom stereocenters. The molecular weight excluding hydrogens is 1210 g/mol. The highest BCUT2D eigenvalue weighted by Crippen LogP contribution is 2.20. The van der Waals surface area contributed by atoms with E-state index < -0.39 is 108 Å². The zero-order valence-electron chi connectivity index (χ0n) is 52.0. The molecule has 28 N–H and O–H groups in total. The average Bonchev–Trinajstić information content (AvgIpc) is 1.69. The van der Waals surface area contributed by atoms with Gasteiger partial charge in [-0.3, -0.25) is 49.2 Å². The van der Waals surface area contributed by atoms with Gasteiger partial charge in [0.1, 0.15) is 48.3 Å². The Labute approximate surface area is 538 Å². The van der Waals surface area contributed by atoms with Crippen molar-refractivity contribution in [3.63, 3.8) is 0 Å². The number of carboxylic acid groups (broad SMARTS) is 1. The lowest BCUT2D eigenvalue weighted by Gasteiger charge is -2.28. The number of nitrogens with zero attached hydrogens (tertiary/aromatic N) is 2. The molecule has 0 saturated carbocycles. The first-order valence-electron chi connectivity index (χ1n) is 30.8. The number of nitrogens with two attached hydrogens (primary N) is 6. The maximum absolute atomic E-state index is 14.9. The molecule has 0 aliphatic rings. The zero-order valence-corrected chi connectivity index (χ0v) is 52.9. The number of thioether (sulfide) groups is 1. The summed E-state index contributed by atoms with van der Waals surface area (Å²) in [6.07, 6.45) is 12.2. The third-order valence-corrected chi connectivity index (χ3v) is 15.5. The summed E-state index contributed by atoms with van der Waals surface area (Å²) in [7, 11) is 0. The van der Waals surface area contributed by atoms with Gasteiger partial charge in [-0.2, -0.15) is 11.8 Å². The van der Waals surface area contributed by atoms with Crippen LogP contribution in [-0.4, -0.2) is 194 Å². The number of para-hydroxylation sites is 1. The number of carboxylic acids is 1. The molecule has 0 fully saturated rings. The molecule has 4 rings (SSSR count). The molecule has 9 atom stereocenters. The molecule has 1 aromatic carbocycles. The van der Waals surface area contributed by atoms with E-state index in [-0.39, 0.29) is 102 Å². The molecular formula is C58H95N23O10S. The van der Waals surface area contributed by atoms with Crippen molar-refractivity contribution >= 4 is 87.8 Å². The van der Waals surface area contributed by atoms with E-state index in [2.05, 4.69) is 78.1 Å². The largest absolute Gasteiger partial charge is 0.480 e. The number of H-pyrrole nitrogens is 3. The number of aromatic amines is 3. The van der Waals surface area contributed by atoms with Crippen molar-refractivity contribution in [1.29, 1.82) is 10.8 Å². The van der Waals surface area contributed by atoms with Crippen LogP contribution in [0.2, 0.25) is 0 Å². The monoisotopic (exact) mass is 1310 g/mol. The molecule has 8 amide bonds. The Morgan fingerprint density at radius 3 is 1.30 bits per heavy atom. The summed E-state index contributed by atoms with van der Waals surface area (Å²) in [6.45, 7) is 1.18. The minimum absolute atomic E-state index is 0.00586. The molecule has 33 nitrogen and oxygen atoms in total. The van der Waals surface area contributed by atoms with Gasteiger partial charge in [-0.05, 0) is 127 Å². The lowest BCUT2D eigenvalue weighted by molar-refractivity contribution is -0.142. The number of unbranched alkanes of at least 4 members (excludes halogenated alkanes) is 3. The fourth-order valence-corrected chi connectivity index (χ4v) is 10.3. The molecule has 34 heteroatoms. The number of hydrogen-bond donors (Lipinski definition) is 22. The number of fused-ring (bicyclic) bond motifs is 1. The van der Waals surface area contributed by atoms with Crippen LogP contribution in [-0.2, 0) is 62.4 Å². The van der Waals surface area contributed by atoms with Crippen LogP contribution in [0.1, 0.15) is 107 Å². The summed E-state index contributed by atoms with van der Waals surface area (Å²) >= 11 is 1.36. The van der Waals surface area contributed by atoms with Crippen LogP contribution in [0.4, 0.5) is 0 Å². The van der Waals surface area contributed by atoms with Gasteiger partial charge in [0.2, 0.25) is 47.3 Å². The third-order valence-electron chi connectivity index (χ3n) is 14.9. The van der Waals surface area contributed by atoms with E-state index in [0.29, 0.717) is 74.2 Å². The summed E-state index contributed by atoms with van der Waals surface area (Å²) in [5.41, 5.74) is 36.6.